The standard InChI is InChI=1S/C21H21NO5/c1-13(2)11-22-20(25)12-26-15-8-16(23)21-17(24)10-18(27-19(21)9-15)14-6-4-3-5-7-14/h3-10,13,23H,11-12H2,1-2H3,(H,22,25). The van der Waals surface area contributed by atoms with Crippen molar-refractivity contribution in [3.8, 4) is 22.8 Å². The maximum atomic E-state index is 12.4. The highest BCUT2D eigenvalue weighted by atomic mass is 16.5. The topological polar surface area (TPSA) is 88.8 Å². The maximum absolute atomic E-state index is 12.4. The van der Waals surface area contributed by atoms with Crippen LogP contribution in [-0.2, 0) is 4.79 Å². The van der Waals surface area contributed by atoms with Crippen LogP contribution in [0.15, 0.2) is 57.7 Å². The van der Waals surface area contributed by atoms with E-state index in [4.69, 9.17) is 9.15 Å². The van der Waals surface area contributed by atoms with Crippen molar-refractivity contribution in [1.29, 1.82) is 0 Å². The van der Waals surface area contributed by atoms with Crippen molar-refractivity contribution in [1.82, 2.24) is 5.32 Å². The molecule has 1 amide bonds. The molecular formula is C21H21NO5. The molecule has 0 aliphatic carbocycles. The number of rotatable bonds is 6. The molecule has 0 aliphatic heterocycles. The monoisotopic (exact) mass is 367 g/mol. The number of ether oxygens (including phenoxy) is 1. The van der Waals surface area contributed by atoms with Crippen molar-refractivity contribution in [3.63, 3.8) is 0 Å². The number of aromatic hydroxyl groups is 1. The van der Waals surface area contributed by atoms with E-state index in [2.05, 4.69) is 5.32 Å². The van der Waals surface area contributed by atoms with E-state index in [1.54, 1.807) is 0 Å². The molecule has 0 atom stereocenters. The predicted molar refractivity (Wildman–Crippen MR) is 103 cm³/mol. The highest BCUT2D eigenvalue weighted by Crippen LogP contribution is 2.31. The minimum Gasteiger partial charge on any atom is -0.507 e. The van der Waals surface area contributed by atoms with Gasteiger partial charge in [-0.3, -0.25) is 9.59 Å². The van der Waals surface area contributed by atoms with Crippen molar-refractivity contribution in [2.45, 2.75) is 13.8 Å². The van der Waals surface area contributed by atoms with E-state index in [1.807, 2.05) is 44.2 Å². The minimum absolute atomic E-state index is 0.0753. The van der Waals surface area contributed by atoms with Gasteiger partial charge in [0.1, 0.15) is 28.2 Å². The van der Waals surface area contributed by atoms with Gasteiger partial charge in [-0.05, 0) is 5.92 Å². The van der Waals surface area contributed by atoms with Gasteiger partial charge in [-0.25, -0.2) is 0 Å². The Morgan fingerprint density at radius 2 is 1.93 bits per heavy atom. The largest absolute Gasteiger partial charge is 0.507 e. The normalized spacial score (nSPS) is 10.9. The molecule has 0 bridgehead atoms. The van der Waals surface area contributed by atoms with Crippen LogP contribution in [0.5, 0.6) is 11.5 Å². The van der Waals surface area contributed by atoms with Crippen LogP contribution in [0.3, 0.4) is 0 Å². The van der Waals surface area contributed by atoms with E-state index in [0.29, 0.717) is 18.2 Å². The number of hydrogen-bond acceptors (Lipinski definition) is 5. The van der Waals surface area contributed by atoms with Gasteiger partial charge >= 0.3 is 0 Å². The fourth-order valence-electron chi connectivity index (χ4n) is 2.59. The molecule has 3 aromatic rings. The van der Waals surface area contributed by atoms with Gasteiger partial charge in [-0.1, -0.05) is 44.2 Å². The summed E-state index contributed by atoms with van der Waals surface area (Å²) in [6.45, 7) is 4.35. The first-order valence-electron chi connectivity index (χ1n) is 8.70. The second-order valence-electron chi connectivity index (χ2n) is 6.64. The summed E-state index contributed by atoms with van der Waals surface area (Å²) in [6.07, 6.45) is 0. The third-order valence-electron chi connectivity index (χ3n) is 3.92. The molecule has 6 nitrogen and oxygen atoms in total. The molecule has 140 valence electrons. The Morgan fingerprint density at radius 1 is 1.19 bits per heavy atom. The van der Waals surface area contributed by atoms with Crippen LogP contribution in [0.4, 0.5) is 0 Å². The van der Waals surface area contributed by atoms with Crippen LogP contribution >= 0.6 is 0 Å². The molecular weight excluding hydrogens is 346 g/mol. The van der Waals surface area contributed by atoms with Crippen molar-refractivity contribution in [2.75, 3.05) is 13.2 Å². The number of carbonyl (C=O) groups is 1. The van der Waals surface area contributed by atoms with Gasteiger partial charge in [0.15, 0.2) is 12.0 Å². The number of nitrogens with one attached hydrogen (secondary N) is 1. The number of fused-ring (bicyclic) bond motifs is 1. The quantitative estimate of drug-likeness (QED) is 0.698. The Bertz CT molecular complexity index is 1010. The van der Waals surface area contributed by atoms with E-state index >= 15 is 0 Å². The fraction of sp³-hybridized carbons (Fsp3) is 0.238. The van der Waals surface area contributed by atoms with Crippen LogP contribution in [0.25, 0.3) is 22.3 Å². The van der Waals surface area contributed by atoms with E-state index < -0.39 is 0 Å². The van der Waals surface area contributed by atoms with Crippen molar-refractivity contribution < 1.29 is 19.1 Å². The SMILES string of the molecule is CC(C)CNC(=O)COc1cc(O)c2c(=O)cc(-c3ccccc3)oc2c1. The second kappa shape index (κ2) is 7.95. The number of amides is 1. The van der Waals surface area contributed by atoms with Crippen molar-refractivity contribution >= 4 is 16.9 Å². The highest BCUT2D eigenvalue weighted by molar-refractivity contribution is 5.86. The Kier molecular flexibility index (Phi) is 5.45. The summed E-state index contributed by atoms with van der Waals surface area (Å²) in [5, 5.41) is 13.0. The van der Waals surface area contributed by atoms with Crippen LogP contribution in [0.2, 0.25) is 0 Å². The lowest BCUT2D eigenvalue weighted by atomic mass is 10.1. The molecule has 0 saturated heterocycles. The molecule has 1 aromatic heterocycles. The van der Waals surface area contributed by atoms with Crippen LogP contribution in [0, 0.1) is 5.92 Å². The summed E-state index contributed by atoms with van der Waals surface area (Å²) < 4.78 is 11.2. The van der Waals surface area contributed by atoms with E-state index in [0.717, 1.165) is 5.56 Å². The third kappa shape index (κ3) is 4.47. The molecule has 0 spiro atoms. The summed E-state index contributed by atoms with van der Waals surface area (Å²) in [4.78, 5) is 24.2. The fourth-order valence-corrected chi connectivity index (χ4v) is 2.59. The lowest BCUT2D eigenvalue weighted by Gasteiger charge is -2.10. The molecule has 3 rings (SSSR count). The molecule has 0 unspecified atom stereocenters. The molecule has 2 N–H and O–H groups in total. The van der Waals surface area contributed by atoms with Gasteiger partial charge in [0.2, 0.25) is 0 Å². The van der Waals surface area contributed by atoms with Crippen LogP contribution in [0.1, 0.15) is 13.8 Å². The van der Waals surface area contributed by atoms with Gasteiger partial charge in [0.25, 0.3) is 5.91 Å². The highest BCUT2D eigenvalue weighted by Gasteiger charge is 2.13. The molecule has 6 heteroatoms. The van der Waals surface area contributed by atoms with E-state index in [1.165, 1.54) is 18.2 Å². The zero-order valence-corrected chi connectivity index (χ0v) is 15.2. The number of carbonyl (C=O) groups excluding carboxylic acids is 1. The number of phenolic OH excluding ortho intramolecular Hbond substituents is 1. The molecule has 2 aromatic carbocycles. The van der Waals surface area contributed by atoms with Gasteiger partial charge < -0.3 is 19.6 Å². The van der Waals surface area contributed by atoms with Gasteiger partial charge in [0.05, 0.1) is 0 Å². The molecule has 0 fully saturated rings. The smallest absolute Gasteiger partial charge is 0.257 e. The second-order valence-corrected chi connectivity index (χ2v) is 6.64. The number of hydrogen-bond donors (Lipinski definition) is 2. The van der Waals surface area contributed by atoms with Crippen LogP contribution < -0.4 is 15.5 Å². The predicted octanol–water partition coefficient (Wildman–Crippen LogP) is 3.32. The molecule has 27 heavy (non-hydrogen) atoms. The summed E-state index contributed by atoms with van der Waals surface area (Å²) in [7, 11) is 0. The summed E-state index contributed by atoms with van der Waals surface area (Å²) in [6, 6.07) is 13.3. The first-order valence-corrected chi connectivity index (χ1v) is 8.70. The zero-order valence-electron chi connectivity index (χ0n) is 15.2. The Morgan fingerprint density at radius 3 is 2.63 bits per heavy atom. The molecule has 1 heterocycles. The van der Waals surface area contributed by atoms with Gasteiger partial charge in [0, 0.05) is 30.3 Å². The third-order valence-corrected chi connectivity index (χ3v) is 3.92. The minimum atomic E-state index is -0.353. The van der Waals surface area contributed by atoms with E-state index in [-0.39, 0.29) is 40.4 Å². The Hall–Kier alpha value is -3.28. The average molecular weight is 367 g/mol. The number of phenols is 1. The van der Waals surface area contributed by atoms with E-state index in [9.17, 15) is 14.7 Å². The summed E-state index contributed by atoms with van der Waals surface area (Å²) in [5.41, 5.74) is 0.586. The lowest BCUT2D eigenvalue weighted by molar-refractivity contribution is -0.123. The molecule has 0 aliphatic rings. The Labute approximate surface area is 156 Å². The van der Waals surface area contributed by atoms with Gasteiger partial charge in [-0.2, -0.15) is 0 Å². The molecule has 0 saturated carbocycles. The summed E-state index contributed by atoms with van der Waals surface area (Å²) in [5.74, 6) is 0.456. The maximum Gasteiger partial charge on any atom is 0.257 e. The Balaban J connectivity index is 1.88. The van der Waals surface area contributed by atoms with Gasteiger partial charge in [-0.15, -0.1) is 0 Å². The van der Waals surface area contributed by atoms with Crippen molar-refractivity contribution in [2.24, 2.45) is 5.92 Å². The van der Waals surface area contributed by atoms with Crippen LogP contribution in [-0.4, -0.2) is 24.2 Å². The lowest BCUT2D eigenvalue weighted by Crippen LogP contribution is -2.31. The first-order chi connectivity index (χ1) is 12.9. The summed E-state index contributed by atoms with van der Waals surface area (Å²) >= 11 is 0. The first kappa shape index (κ1) is 18.5. The zero-order chi connectivity index (χ0) is 19.4. The average Bonchev–Trinajstić information content (AvgIpc) is 2.64. The molecule has 0 radical (unpaired) electrons. The number of benzene rings is 2. The van der Waals surface area contributed by atoms with Crippen molar-refractivity contribution in [3.05, 3.63) is 58.8 Å².